The van der Waals surface area contributed by atoms with Crippen molar-refractivity contribution < 1.29 is 4.74 Å². The minimum atomic E-state index is 0.264. The highest BCUT2D eigenvalue weighted by atomic mass is 16.5. The molecule has 0 saturated carbocycles. The predicted octanol–water partition coefficient (Wildman–Crippen LogP) is 3.69. The fourth-order valence-corrected chi connectivity index (χ4v) is 3.39. The summed E-state index contributed by atoms with van der Waals surface area (Å²) < 4.78 is 5.84. The second kappa shape index (κ2) is 7.24. The van der Waals surface area contributed by atoms with Crippen LogP contribution in [0, 0.1) is 0 Å². The molecule has 1 N–H and O–H groups in total. The summed E-state index contributed by atoms with van der Waals surface area (Å²) >= 11 is 0. The first-order valence-electron chi connectivity index (χ1n) is 8.08. The van der Waals surface area contributed by atoms with Gasteiger partial charge in [0.05, 0.1) is 6.10 Å². The van der Waals surface area contributed by atoms with Crippen molar-refractivity contribution in [2.75, 3.05) is 19.7 Å². The predicted molar refractivity (Wildman–Crippen MR) is 85.3 cm³/mol. The highest BCUT2D eigenvalue weighted by Crippen LogP contribution is 2.39. The number of hydrogen-bond acceptors (Lipinski definition) is 2. The molecule has 0 aromatic heterocycles. The Morgan fingerprint density at radius 3 is 2.85 bits per heavy atom. The molecule has 2 heteroatoms. The summed E-state index contributed by atoms with van der Waals surface area (Å²) in [5.41, 5.74) is 3.36. The lowest BCUT2D eigenvalue weighted by Crippen LogP contribution is -2.42. The van der Waals surface area contributed by atoms with Crippen LogP contribution in [0.5, 0.6) is 0 Å². The van der Waals surface area contributed by atoms with E-state index in [0.717, 1.165) is 26.1 Å². The molecule has 0 bridgehead atoms. The van der Waals surface area contributed by atoms with Crippen molar-refractivity contribution in [2.24, 2.45) is 0 Å². The van der Waals surface area contributed by atoms with Gasteiger partial charge in [0.15, 0.2) is 0 Å². The molecular formula is C18H29NO. The van der Waals surface area contributed by atoms with Crippen molar-refractivity contribution in [1.82, 2.24) is 5.32 Å². The number of nitrogens with one attached hydrogen (secondary N) is 1. The molecule has 2 rings (SSSR count). The van der Waals surface area contributed by atoms with Crippen molar-refractivity contribution in [1.29, 1.82) is 0 Å². The molecule has 1 aromatic rings. The van der Waals surface area contributed by atoms with E-state index in [1.807, 2.05) is 0 Å². The van der Waals surface area contributed by atoms with Gasteiger partial charge < -0.3 is 10.1 Å². The zero-order valence-corrected chi connectivity index (χ0v) is 13.2. The van der Waals surface area contributed by atoms with Gasteiger partial charge >= 0.3 is 0 Å². The molecule has 1 aliphatic rings. The number of aryl methyl sites for hydroxylation is 1. The van der Waals surface area contributed by atoms with E-state index < -0.39 is 0 Å². The van der Waals surface area contributed by atoms with Crippen molar-refractivity contribution in [3.8, 4) is 0 Å². The molecule has 0 amide bonds. The average molecular weight is 275 g/mol. The first kappa shape index (κ1) is 15.5. The van der Waals surface area contributed by atoms with E-state index in [1.165, 1.54) is 19.3 Å². The molecule has 20 heavy (non-hydrogen) atoms. The van der Waals surface area contributed by atoms with Crippen molar-refractivity contribution in [2.45, 2.75) is 58.0 Å². The van der Waals surface area contributed by atoms with Crippen LogP contribution in [-0.4, -0.2) is 25.8 Å². The van der Waals surface area contributed by atoms with Crippen LogP contribution in [-0.2, 0) is 16.6 Å². The highest BCUT2D eigenvalue weighted by molar-refractivity contribution is 5.37. The Labute approximate surface area is 123 Å². The molecule has 0 saturated heterocycles. The van der Waals surface area contributed by atoms with Crippen LogP contribution in [0.2, 0.25) is 0 Å². The van der Waals surface area contributed by atoms with Crippen molar-refractivity contribution >= 4 is 0 Å². The van der Waals surface area contributed by atoms with E-state index >= 15 is 0 Å². The van der Waals surface area contributed by atoms with Crippen LogP contribution in [0.4, 0.5) is 0 Å². The van der Waals surface area contributed by atoms with Crippen LogP contribution in [0.15, 0.2) is 24.3 Å². The lowest BCUT2D eigenvalue weighted by molar-refractivity contribution is 0.0611. The van der Waals surface area contributed by atoms with Gasteiger partial charge in [-0.05, 0) is 57.2 Å². The molecule has 0 aliphatic heterocycles. The number of benzene rings is 1. The van der Waals surface area contributed by atoms with E-state index in [4.69, 9.17) is 4.74 Å². The lowest BCUT2D eigenvalue weighted by Gasteiger charge is -2.40. The standard InChI is InChI=1S/C18H29NO/c1-4-19-14-18(12-13-20-15(2)3)11-7-9-16-8-5-6-10-17(16)18/h5-6,8,10,15,19H,4,7,9,11-14H2,1-3H3. The highest BCUT2D eigenvalue weighted by Gasteiger charge is 2.35. The number of hydrogen-bond donors (Lipinski definition) is 1. The Balaban J connectivity index is 2.18. The molecule has 2 nitrogen and oxygen atoms in total. The summed E-state index contributed by atoms with van der Waals surface area (Å²) in [6.45, 7) is 9.39. The minimum Gasteiger partial charge on any atom is -0.379 e. The van der Waals surface area contributed by atoms with Gasteiger partial charge in [-0.2, -0.15) is 0 Å². The summed E-state index contributed by atoms with van der Waals surface area (Å²) in [5.74, 6) is 0. The van der Waals surface area contributed by atoms with Crippen molar-refractivity contribution in [3.63, 3.8) is 0 Å². The topological polar surface area (TPSA) is 21.3 Å². The molecule has 1 atom stereocenters. The first-order chi connectivity index (χ1) is 9.68. The van der Waals surface area contributed by atoms with E-state index in [1.54, 1.807) is 11.1 Å². The molecule has 0 heterocycles. The second-order valence-corrected chi connectivity index (χ2v) is 6.24. The second-order valence-electron chi connectivity index (χ2n) is 6.24. The molecule has 0 spiro atoms. The van der Waals surface area contributed by atoms with E-state index in [9.17, 15) is 0 Å². The fourth-order valence-electron chi connectivity index (χ4n) is 3.39. The van der Waals surface area contributed by atoms with E-state index in [0.29, 0.717) is 6.10 Å². The molecule has 0 fully saturated rings. The Morgan fingerprint density at radius 1 is 1.30 bits per heavy atom. The molecule has 1 aliphatic carbocycles. The number of rotatable bonds is 7. The van der Waals surface area contributed by atoms with Crippen LogP contribution in [0.3, 0.4) is 0 Å². The third-order valence-electron chi connectivity index (χ3n) is 4.44. The van der Waals surface area contributed by atoms with Crippen LogP contribution < -0.4 is 5.32 Å². The minimum absolute atomic E-state index is 0.264. The third kappa shape index (κ3) is 3.62. The maximum Gasteiger partial charge on any atom is 0.0518 e. The summed E-state index contributed by atoms with van der Waals surface area (Å²) in [5, 5.41) is 3.58. The van der Waals surface area contributed by atoms with Gasteiger partial charge in [0.1, 0.15) is 0 Å². The molecule has 1 unspecified atom stereocenters. The van der Waals surface area contributed by atoms with Gasteiger partial charge in [0, 0.05) is 18.6 Å². The number of likely N-dealkylation sites (N-methyl/N-ethyl adjacent to an activating group) is 1. The Bertz CT molecular complexity index is 416. The van der Waals surface area contributed by atoms with Gasteiger partial charge in [-0.1, -0.05) is 31.2 Å². The summed E-state index contributed by atoms with van der Waals surface area (Å²) in [4.78, 5) is 0. The van der Waals surface area contributed by atoms with Gasteiger partial charge in [-0.15, -0.1) is 0 Å². The maximum atomic E-state index is 5.84. The van der Waals surface area contributed by atoms with Gasteiger partial charge in [0.25, 0.3) is 0 Å². The number of ether oxygens (including phenoxy) is 1. The van der Waals surface area contributed by atoms with Crippen molar-refractivity contribution in [3.05, 3.63) is 35.4 Å². The fraction of sp³-hybridized carbons (Fsp3) is 0.667. The Kier molecular flexibility index (Phi) is 5.62. The Morgan fingerprint density at radius 2 is 2.10 bits per heavy atom. The average Bonchev–Trinajstić information content (AvgIpc) is 2.45. The normalized spacial score (nSPS) is 22.0. The molecular weight excluding hydrogens is 246 g/mol. The van der Waals surface area contributed by atoms with Crippen LogP contribution in [0.25, 0.3) is 0 Å². The van der Waals surface area contributed by atoms with E-state index in [-0.39, 0.29) is 5.41 Å². The van der Waals surface area contributed by atoms with E-state index in [2.05, 4.69) is 50.4 Å². The zero-order valence-electron chi connectivity index (χ0n) is 13.2. The quantitative estimate of drug-likeness (QED) is 0.819. The largest absolute Gasteiger partial charge is 0.379 e. The van der Waals surface area contributed by atoms with Crippen LogP contribution >= 0.6 is 0 Å². The lowest BCUT2D eigenvalue weighted by atomic mass is 9.68. The first-order valence-corrected chi connectivity index (χ1v) is 8.08. The molecule has 0 radical (unpaired) electrons. The maximum absolute atomic E-state index is 5.84. The summed E-state index contributed by atoms with van der Waals surface area (Å²) in [7, 11) is 0. The monoisotopic (exact) mass is 275 g/mol. The zero-order chi connectivity index (χ0) is 14.4. The molecule has 112 valence electrons. The number of fused-ring (bicyclic) bond motifs is 1. The van der Waals surface area contributed by atoms with Gasteiger partial charge in [-0.3, -0.25) is 0 Å². The smallest absolute Gasteiger partial charge is 0.0518 e. The third-order valence-corrected chi connectivity index (χ3v) is 4.44. The SMILES string of the molecule is CCNCC1(CCOC(C)C)CCCc2ccccc21. The van der Waals surface area contributed by atoms with Crippen LogP contribution in [0.1, 0.15) is 51.2 Å². The molecule has 1 aromatic carbocycles. The van der Waals surface area contributed by atoms with Gasteiger partial charge in [-0.25, -0.2) is 0 Å². The summed E-state index contributed by atoms with van der Waals surface area (Å²) in [6, 6.07) is 9.00. The van der Waals surface area contributed by atoms with Gasteiger partial charge in [0.2, 0.25) is 0 Å². The Hall–Kier alpha value is -0.860. The summed E-state index contributed by atoms with van der Waals surface area (Å²) in [6.07, 6.45) is 5.25.